The van der Waals surface area contributed by atoms with Gasteiger partial charge in [-0.15, -0.1) is 0 Å². The third-order valence-corrected chi connectivity index (χ3v) is 3.84. The van der Waals surface area contributed by atoms with Gasteiger partial charge in [0.1, 0.15) is 0 Å². The van der Waals surface area contributed by atoms with Gasteiger partial charge in [-0.3, -0.25) is 4.79 Å². The lowest BCUT2D eigenvalue weighted by atomic mass is 9.89. The Morgan fingerprint density at radius 3 is 2.61 bits per heavy atom. The highest BCUT2D eigenvalue weighted by atomic mass is 16.1. The number of carbonyl (C=O) groups is 1. The van der Waals surface area contributed by atoms with Crippen molar-refractivity contribution in [2.75, 3.05) is 25.4 Å². The van der Waals surface area contributed by atoms with Gasteiger partial charge in [0.15, 0.2) is 0 Å². The maximum Gasteiger partial charge on any atom is 0.224 e. The molecule has 1 atom stereocenters. The summed E-state index contributed by atoms with van der Waals surface area (Å²) < 4.78 is 0. The average Bonchev–Trinajstić information content (AvgIpc) is 2.72. The fourth-order valence-corrected chi connectivity index (χ4v) is 2.42. The van der Waals surface area contributed by atoms with E-state index in [1.165, 1.54) is 5.56 Å². The second-order valence-corrected chi connectivity index (χ2v) is 5.44. The highest BCUT2D eigenvalue weighted by molar-refractivity contribution is 5.81. The maximum absolute atomic E-state index is 11.4. The van der Waals surface area contributed by atoms with Crippen molar-refractivity contribution >= 4 is 11.6 Å². The van der Waals surface area contributed by atoms with E-state index < -0.39 is 0 Å². The van der Waals surface area contributed by atoms with E-state index >= 15 is 0 Å². The molecule has 18 heavy (non-hydrogen) atoms. The number of amides is 1. The van der Waals surface area contributed by atoms with E-state index in [1.54, 1.807) is 0 Å². The van der Waals surface area contributed by atoms with Crippen LogP contribution in [0.2, 0.25) is 0 Å². The molecule has 1 saturated heterocycles. The minimum Gasteiger partial charge on any atom is -0.399 e. The molecule has 4 heteroatoms. The van der Waals surface area contributed by atoms with Crippen LogP contribution in [0.4, 0.5) is 5.69 Å². The van der Waals surface area contributed by atoms with Crippen LogP contribution in [-0.4, -0.2) is 30.4 Å². The number of likely N-dealkylation sites (tertiary alicyclic amines) is 1. The molecule has 4 nitrogen and oxygen atoms in total. The van der Waals surface area contributed by atoms with E-state index in [1.807, 2.05) is 19.1 Å². The molecule has 1 fully saturated rings. The average molecular weight is 247 g/mol. The SMILES string of the molecule is CC1(C(N)=O)CCN(CCc2ccc(N)cc2)C1. The van der Waals surface area contributed by atoms with Crippen LogP contribution in [0, 0.1) is 5.41 Å². The zero-order valence-electron chi connectivity index (χ0n) is 10.9. The number of benzene rings is 1. The molecule has 1 aromatic rings. The molecule has 0 bridgehead atoms. The Balaban J connectivity index is 1.85. The van der Waals surface area contributed by atoms with Crippen LogP contribution < -0.4 is 11.5 Å². The second kappa shape index (κ2) is 4.98. The van der Waals surface area contributed by atoms with Crippen LogP contribution in [0.15, 0.2) is 24.3 Å². The van der Waals surface area contributed by atoms with Crippen molar-refractivity contribution in [3.8, 4) is 0 Å². The first kappa shape index (κ1) is 12.9. The number of carbonyl (C=O) groups excluding carboxylic acids is 1. The first-order chi connectivity index (χ1) is 8.49. The van der Waals surface area contributed by atoms with Gasteiger partial charge in [-0.25, -0.2) is 0 Å². The fraction of sp³-hybridized carbons (Fsp3) is 0.500. The molecule has 1 amide bonds. The van der Waals surface area contributed by atoms with Crippen LogP contribution in [0.5, 0.6) is 0 Å². The number of hydrogen-bond acceptors (Lipinski definition) is 3. The summed E-state index contributed by atoms with van der Waals surface area (Å²) in [5, 5.41) is 0. The predicted molar refractivity (Wildman–Crippen MR) is 72.9 cm³/mol. The molecule has 0 radical (unpaired) electrons. The molecule has 1 aliphatic heterocycles. The Bertz CT molecular complexity index is 429. The zero-order chi connectivity index (χ0) is 13.2. The lowest BCUT2D eigenvalue weighted by Crippen LogP contribution is -2.37. The van der Waals surface area contributed by atoms with E-state index in [9.17, 15) is 4.79 Å². The predicted octanol–water partition coefficient (Wildman–Crippen LogP) is 1.01. The molecule has 1 aliphatic rings. The molecule has 98 valence electrons. The Hall–Kier alpha value is -1.55. The van der Waals surface area contributed by atoms with Crippen LogP contribution in [0.3, 0.4) is 0 Å². The molecular formula is C14H21N3O. The lowest BCUT2D eigenvalue weighted by molar-refractivity contribution is -0.126. The van der Waals surface area contributed by atoms with Crippen molar-refractivity contribution in [2.24, 2.45) is 11.1 Å². The van der Waals surface area contributed by atoms with Gasteiger partial charge < -0.3 is 16.4 Å². The van der Waals surface area contributed by atoms with E-state index in [2.05, 4.69) is 17.0 Å². The van der Waals surface area contributed by atoms with Gasteiger partial charge >= 0.3 is 0 Å². The minimum atomic E-state index is -0.346. The summed E-state index contributed by atoms with van der Waals surface area (Å²) in [6.45, 7) is 4.65. The molecule has 0 aliphatic carbocycles. The van der Waals surface area contributed by atoms with Crippen molar-refractivity contribution < 1.29 is 4.79 Å². The third-order valence-electron chi connectivity index (χ3n) is 3.84. The van der Waals surface area contributed by atoms with Gasteiger partial charge in [-0.1, -0.05) is 12.1 Å². The van der Waals surface area contributed by atoms with Crippen LogP contribution in [-0.2, 0) is 11.2 Å². The number of primary amides is 1. The topological polar surface area (TPSA) is 72.4 Å². The van der Waals surface area contributed by atoms with Crippen molar-refractivity contribution in [2.45, 2.75) is 19.8 Å². The van der Waals surface area contributed by atoms with E-state index in [4.69, 9.17) is 11.5 Å². The van der Waals surface area contributed by atoms with E-state index in [-0.39, 0.29) is 11.3 Å². The number of nitrogens with zero attached hydrogens (tertiary/aromatic N) is 1. The number of rotatable bonds is 4. The quantitative estimate of drug-likeness (QED) is 0.780. The monoisotopic (exact) mass is 247 g/mol. The van der Waals surface area contributed by atoms with Gasteiger partial charge in [0, 0.05) is 18.8 Å². The van der Waals surface area contributed by atoms with Crippen LogP contribution in [0.1, 0.15) is 18.9 Å². The second-order valence-electron chi connectivity index (χ2n) is 5.44. The largest absolute Gasteiger partial charge is 0.399 e. The van der Waals surface area contributed by atoms with Gasteiger partial charge in [0.2, 0.25) is 5.91 Å². The highest BCUT2D eigenvalue weighted by Gasteiger charge is 2.38. The number of nitrogen functional groups attached to an aromatic ring is 1. The van der Waals surface area contributed by atoms with E-state index in [0.29, 0.717) is 0 Å². The Kier molecular flexibility index (Phi) is 3.57. The van der Waals surface area contributed by atoms with Crippen molar-refractivity contribution in [1.29, 1.82) is 0 Å². The standard InChI is InChI=1S/C14H21N3O/c1-14(13(16)18)7-9-17(10-14)8-6-11-2-4-12(15)5-3-11/h2-5H,6-10,15H2,1H3,(H2,16,18). The Labute approximate surface area is 108 Å². The summed E-state index contributed by atoms with van der Waals surface area (Å²) in [5.41, 5.74) is 12.8. The van der Waals surface area contributed by atoms with Crippen molar-refractivity contribution in [1.82, 2.24) is 4.90 Å². The summed E-state index contributed by atoms with van der Waals surface area (Å²) in [6.07, 6.45) is 1.85. The van der Waals surface area contributed by atoms with Gasteiger partial charge in [-0.05, 0) is 44.0 Å². The van der Waals surface area contributed by atoms with E-state index in [0.717, 1.165) is 38.2 Å². The van der Waals surface area contributed by atoms with Crippen LogP contribution >= 0.6 is 0 Å². The highest BCUT2D eigenvalue weighted by Crippen LogP contribution is 2.29. The molecule has 0 spiro atoms. The smallest absolute Gasteiger partial charge is 0.224 e. The molecule has 0 saturated carbocycles. The normalized spacial score (nSPS) is 24.3. The first-order valence-electron chi connectivity index (χ1n) is 6.36. The molecule has 0 aromatic heterocycles. The molecule has 4 N–H and O–H groups in total. The summed E-state index contributed by atoms with van der Waals surface area (Å²) in [4.78, 5) is 13.7. The van der Waals surface area contributed by atoms with Crippen molar-refractivity contribution in [3.05, 3.63) is 29.8 Å². The van der Waals surface area contributed by atoms with Gasteiger partial charge in [0.25, 0.3) is 0 Å². The molecular weight excluding hydrogens is 226 g/mol. The summed E-state index contributed by atoms with van der Waals surface area (Å²) >= 11 is 0. The lowest BCUT2D eigenvalue weighted by Gasteiger charge is -2.20. The summed E-state index contributed by atoms with van der Waals surface area (Å²) in [5.74, 6) is -0.183. The summed E-state index contributed by atoms with van der Waals surface area (Å²) in [7, 11) is 0. The Morgan fingerprint density at radius 2 is 2.06 bits per heavy atom. The summed E-state index contributed by atoms with van der Waals surface area (Å²) in [6, 6.07) is 7.96. The Morgan fingerprint density at radius 1 is 1.39 bits per heavy atom. The number of hydrogen-bond donors (Lipinski definition) is 2. The first-order valence-corrected chi connectivity index (χ1v) is 6.36. The molecule has 1 unspecified atom stereocenters. The van der Waals surface area contributed by atoms with Gasteiger partial charge in [0.05, 0.1) is 5.41 Å². The third kappa shape index (κ3) is 2.82. The van der Waals surface area contributed by atoms with Crippen LogP contribution in [0.25, 0.3) is 0 Å². The maximum atomic E-state index is 11.4. The molecule has 1 heterocycles. The number of nitrogens with two attached hydrogens (primary N) is 2. The van der Waals surface area contributed by atoms with Crippen molar-refractivity contribution in [3.63, 3.8) is 0 Å². The molecule has 2 rings (SSSR count). The zero-order valence-corrected chi connectivity index (χ0v) is 10.9. The minimum absolute atomic E-state index is 0.183. The molecule has 1 aromatic carbocycles. The fourth-order valence-electron chi connectivity index (χ4n) is 2.42. The number of anilines is 1. The van der Waals surface area contributed by atoms with Gasteiger partial charge in [-0.2, -0.15) is 0 Å².